The van der Waals surface area contributed by atoms with E-state index < -0.39 is 0 Å². The molecule has 0 radical (unpaired) electrons. The first kappa shape index (κ1) is 22.3. The molecule has 0 aromatic heterocycles. The van der Waals surface area contributed by atoms with Gasteiger partial charge in [-0.25, -0.2) is 0 Å². The van der Waals surface area contributed by atoms with Crippen LogP contribution in [0.5, 0.6) is 0 Å². The van der Waals surface area contributed by atoms with Crippen LogP contribution in [-0.2, 0) is 0 Å². The van der Waals surface area contributed by atoms with E-state index in [1.807, 2.05) is 0 Å². The van der Waals surface area contributed by atoms with E-state index in [1.165, 1.54) is 88.2 Å². The summed E-state index contributed by atoms with van der Waals surface area (Å²) in [6.07, 6.45) is 25.8. The van der Waals surface area contributed by atoms with Crippen molar-refractivity contribution in [2.75, 3.05) is 0 Å². The van der Waals surface area contributed by atoms with Crippen molar-refractivity contribution in [1.29, 1.82) is 0 Å². The quantitative estimate of drug-likeness (QED) is 0.212. The topological polar surface area (TPSA) is 0 Å². The van der Waals surface area contributed by atoms with E-state index in [2.05, 4.69) is 57.7 Å². The predicted octanol–water partition coefficient (Wildman–Crippen LogP) is 8.80. The van der Waals surface area contributed by atoms with E-state index in [-0.39, 0.29) is 0 Å². The maximum Gasteiger partial charge on any atom is -0.0167 e. The van der Waals surface area contributed by atoms with Crippen LogP contribution in [-0.4, -0.2) is 0 Å². The lowest BCUT2D eigenvalue weighted by molar-refractivity contribution is 0.416. The summed E-state index contributed by atoms with van der Waals surface area (Å²) in [5.41, 5.74) is 6.40. The number of hydrogen-bond acceptors (Lipinski definition) is 0. The maximum absolute atomic E-state index is 3.46. The zero-order valence-corrected chi connectivity index (χ0v) is 18.6. The summed E-state index contributed by atoms with van der Waals surface area (Å²) in [6.45, 7) is 9.40. The first-order chi connectivity index (χ1) is 13.1. The Kier molecular flexibility index (Phi) is 10.3. The minimum Gasteiger partial charge on any atom is -0.120 e. The van der Waals surface area contributed by atoms with Crippen LogP contribution >= 0.6 is 0 Å². The fourth-order valence-electron chi connectivity index (χ4n) is 4.55. The highest BCUT2D eigenvalue weighted by Gasteiger charge is 2.20. The molecule has 0 nitrogen and oxygen atoms in total. The molecule has 0 aliphatic heterocycles. The molecule has 0 aromatic carbocycles. The van der Waals surface area contributed by atoms with E-state index in [9.17, 15) is 0 Å². The molecule has 0 spiro atoms. The second-order valence-corrected chi connectivity index (χ2v) is 9.80. The molecule has 2 unspecified atom stereocenters. The van der Waals surface area contributed by atoms with Crippen molar-refractivity contribution in [2.45, 2.75) is 105 Å². The molecule has 0 heteroatoms. The van der Waals surface area contributed by atoms with E-state index >= 15 is 0 Å². The van der Waals surface area contributed by atoms with Crippen LogP contribution < -0.4 is 0 Å². The summed E-state index contributed by atoms with van der Waals surface area (Å²) >= 11 is 0. The summed E-state index contributed by atoms with van der Waals surface area (Å²) in [5, 5.41) is 0. The van der Waals surface area contributed by atoms with Gasteiger partial charge >= 0.3 is 0 Å². The van der Waals surface area contributed by atoms with Gasteiger partial charge < -0.3 is 0 Å². The van der Waals surface area contributed by atoms with E-state index in [4.69, 9.17) is 0 Å². The lowest BCUT2D eigenvalue weighted by Crippen LogP contribution is -2.02. The lowest BCUT2D eigenvalue weighted by atomic mass is 9.89. The van der Waals surface area contributed by atoms with E-state index in [0.717, 1.165) is 23.7 Å². The largest absolute Gasteiger partial charge is 0.120 e. The van der Waals surface area contributed by atoms with Gasteiger partial charge in [0.25, 0.3) is 0 Å². The molecule has 2 aliphatic carbocycles. The Bertz CT molecular complexity index is 534. The van der Waals surface area contributed by atoms with Crippen molar-refractivity contribution in [3.05, 3.63) is 41.2 Å². The minimum atomic E-state index is 0.810. The maximum atomic E-state index is 3.46. The lowest BCUT2D eigenvalue weighted by Gasteiger charge is -2.16. The van der Waals surface area contributed by atoms with Crippen LogP contribution in [0.2, 0.25) is 0 Å². The standard InChI is InChI=1S/C27H44/c1-5-9-26(11-7-6-10-24-16-17-24)21-27-13-8-12-25(18-19-27)15-14-23(4)20-22(2)3/h12-13,18-19,22-24,26H,5-7,9-11,14-17,20-21H2,1-4H3. The van der Waals surface area contributed by atoms with Crippen molar-refractivity contribution in [2.24, 2.45) is 23.7 Å². The summed E-state index contributed by atoms with van der Waals surface area (Å²) < 4.78 is 0. The molecule has 0 amide bonds. The number of hydrogen-bond donors (Lipinski definition) is 0. The highest BCUT2D eigenvalue weighted by molar-refractivity contribution is 5.34. The van der Waals surface area contributed by atoms with Crippen LogP contribution in [0.4, 0.5) is 0 Å². The molecule has 1 fully saturated rings. The fraction of sp³-hybridized carbons (Fsp3) is 0.741. The van der Waals surface area contributed by atoms with Crippen molar-refractivity contribution >= 4 is 0 Å². The van der Waals surface area contributed by atoms with Gasteiger partial charge in [-0.2, -0.15) is 0 Å². The van der Waals surface area contributed by atoms with E-state index in [0.29, 0.717) is 0 Å². The molecule has 1 saturated carbocycles. The van der Waals surface area contributed by atoms with Crippen molar-refractivity contribution in [1.82, 2.24) is 0 Å². The van der Waals surface area contributed by atoms with Crippen LogP contribution in [0, 0.1) is 23.7 Å². The van der Waals surface area contributed by atoms with E-state index in [1.54, 1.807) is 0 Å². The number of rotatable bonds is 14. The number of allylic oxidation sites excluding steroid dienone is 5. The predicted molar refractivity (Wildman–Crippen MR) is 121 cm³/mol. The number of unbranched alkanes of at least 4 members (excludes halogenated alkanes) is 1. The molecular formula is C27H44. The van der Waals surface area contributed by atoms with Crippen LogP contribution in [0.25, 0.3) is 0 Å². The Morgan fingerprint density at radius 1 is 0.963 bits per heavy atom. The van der Waals surface area contributed by atoms with Gasteiger partial charge in [0.15, 0.2) is 0 Å². The first-order valence-corrected chi connectivity index (χ1v) is 11.9. The molecule has 0 saturated heterocycles. The summed E-state index contributed by atoms with van der Waals surface area (Å²) in [7, 11) is 0. The fourth-order valence-corrected chi connectivity index (χ4v) is 4.55. The van der Waals surface area contributed by atoms with Gasteiger partial charge in [0.1, 0.15) is 0 Å². The molecule has 152 valence electrons. The molecule has 2 rings (SSSR count). The van der Waals surface area contributed by atoms with Crippen molar-refractivity contribution < 1.29 is 0 Å². The molecule has 2 atom stereocenters. The summed E-state index contributed by atoms with van der Waals surface area (Å²) in [4.78, 5) is 0. The van der Waals surface area contributed by atoms with Gasteiger partial charge in [-0.3, -0.25) is 0 Å². The Balaban J connectivity index is 1.78. The molecule has 27 heavy (non-hydrogen) atoms. The summed E-state index contributed by atoms with van der Waals surface area (Å²) in [5.74, 6) is 3.59. The summed E-state index contributed by atoms with van der Waals surface area (Å²) in [6, 6.07) is 0. The minimum absolute atomic E-state index is 0.810. The molecule has 2 aliphatic rings. The van der Waals surface area contributed by atoms with Gasteiger partial charge in [-0.1, -0.05) is 91.2 Å². The molecule has 0 bridgehead atoms. The second kappa shape index (κ2) is 12.5. The van der Waals surface area contributed by atoms with Crippen molar-refractivity contribution in [3.8, 4) is 0 Å². The highest BCUT2D eigenvalue weighted by atomic mass is 14.3. The van der Waals surface area contributed by atoms with Crippen molar-refractivity contribution in [3.63, 3.8) is 0 Å². The average Bonchev–Trinajstić information content (AvgIpc) is 3.44. The van der Waals surface area contributed by atoms with Gasteiger partial charge in [0.05, 0.1) is 0 Å². The van der Waals surface area contributed by atoms with Gasteiger partial charge in [0, 0.05) is 0 Å². The zero-order valence-electron chi connectivity index (χ0n) is 18.6. The average molecular weight is 369 g/mol. The monoisotopic (exact) mass is 368 g/mol. The van der Waals surface area contributed by atoms with Crippen LogP contribution in [0.3, 0.4) is 0 Å². The Morgan fingerprint density at radius 2 is 1.70 bits per heavy atom. The van der Waals surface area contributed by atoms with Gasteiger partial charge in [0.2, 0.25) is 0 Å². The third kappa shape index (κ3) is 10.2. The van der Waals surface area contributed by atoms with Gasteiger partial charge in [-0.05, 0) is 72.7 Å². The molecule has 0 N–H and O–H groups in total. The molecular weight excluding hydrogens is 324 g/mol. The Hall–Kier alpha value is -1.00. The zero-order chi connectivity index (χ0) is 19.5. The SMILES string of the molecule is CCCC(CCCCC1CC1)CC1=CC=C(CCC(C)CC(C)C)C=C=C1. The third-order valence-corrected chi connectivity index (χ3v) is 6.24. The van der Waals surface area contributed by atoms with Crippen LogP contribution in [0.1, 0.15) is 105 Å². The third-order valence-electron chi connectivity index (χ3n) is 6.24. The molecule has 0 heterocycles. The van der Waals surface area contributed by atoms with Gasteiger partial charge in [-0.15, -0.1) is 5.73 Å². The Labute approximate surface area is 169 Å². The molecule has 0 aromatic rings. The highest BCUT2D eigenvalue weighted by Crippen LogP contribution is 2.35. The second-order valence-electron chi connectivity index (χ2n) is 9.80. The smallest absolute Gasteiger partial charge is 0.0167 e. The first-order valence-electron chi connectivity index (χ1n) is 11.9. The Morgan fingerprint density at radius 3 is 2.41 bits per heavy atom. The van der Waals surface area contributed by atoms with Crippen LogP contribution in [0.15, 0.2) is 41.2 Å². The normalized spacial score (nSPS) is 19.0.